The van der Waals surface area contributed by atoms with Crippen LogP contribution >= 0.6 is 0 Å². The number of carbonyl (C=O) groups is 1. The molecule has 0 radical (unpaired) electrons. The third-order valence-electron chi connectivity index (χ3n) is 3.57. The van der Waals surface area contributed by atoms with E-state index >= 15 is 0 Å². The van der Waals surface area contributed by atoms with E-state index in [1.54, 1.807) is 43.3 Å². The van der Waals surface area contributed by atoms with E-state index in [9.17, 15) is 4.79 Å². The standard InChI is InChI=1S/C19H20N2O3/c1-14-7-8-17(18(9-14)23-3)24-13-19(22)21(2)12-16-6-4-5-15(10-16)11-20/h4-10H,12-13H2,1-3H3. The van der Waals surface area contributed by atoms with Crippen LogP contribution in [0.15, 0.2) is 42.5 Å². The average Bonchev–Trinajstić information content (AvgIpc) is 2.60. The summed E-state index contributed by atoms with van der Waals surface area (Å²) in [5, 5.41) is 8.92. The highest BCUT2D eigenvalue weighted by Gasteiger charge is 2.12. The predicted octanol–water partition coefficient (Wildman–Crippen LogP) is 2.91. The number of hydrogen-bond donors (Lipinski definition) is 0. The van der Waals surface area contributed by atoms with Gasteiger partial charge in [0.25, 0.3) is 5.91 Å². The van der Waals surface area contributed by atoms with E-state index in [4.69, 9.17) is 14.7 Å². The van der Waals surface area contributed by atoms with Gasteiger partial charge < -0.3 is 14.4 Å². The molecule has 0 aromatic heterocycles. The zero-order valence-corrected chi connectivity index (χ0v) is 14.1. The first kappa shape index (κ1) is 17.4. The molecule has 0 N–H and O–H groups in total. The van der Waals surface area contributed by atoms with Crippen molar-refractivity contribution in [3.63, 3.8) is 0 Å². The molecule has 0 aliphatic rings. The minimum Gasteiger partial charge on any atom is -0.493 e. The molecule has 0 heterocycles. The molecular formula is C19H20N2O3. The van der Waals surface area contributed by atoms with Crippen LogP contribution in [0.2, 0.25) is 0 Å². The van der Waals surface area contributed by atoms with Gasteiger partial charge in [0.2, 0.25) is 0 Å². The van der Waals surface area contributed by atoms with Crippen molar-refractivity contribution in [3.05, 3.63) is 59.2 Å². The molecule has 0 unspecified atom stereocenters. The summed E-state index contributed by atoms with van der Waals surface area (Å²) in [4.78, 5) is 13.8. The molecule has 0 fully saturated rings. The topological polar surface area (TPSA) is 62.6 Å². The number of carbonyl (C=O) groups excluding carboxylic acids is 1. The molecule has 0 atom stereocenters. The second-order valence-corrected chi connectivity index (χ2v) is 5.50. The highest BCUT2D eigenvalue weighted by Crippen LogP contribution is 2.27. The Kier molecular flexibility index (Phi) is 5.80. The minimum absolute atomic E-state index is 0.0755. The van der Waals surface area contributed by atoms with Crippen LogP contribution in [0.1, 0.15) is 16.7 Å². The second kappa shape index (κ2) is 8.02. The van der Waals surface area contributed by atoms with Crippen molar-refractivity contribution in [2.75, 3.05) is 20.8 Å². The summed E-state index contributed by atoms with van der Waals surface area (Å²) in [5.41, 5.74) is 2.53. The van der Waals surface area contributed by atoms with Crippen LogP contribution in [0.25, 0.3) is 0 Å². The maximum absolute atomic E-state index is 12.2. The van der Waals surface area contributed by atoms with Gasteiger partial charge in [0, 0.05) is 13.6 Å². The van der Waals surface area contributed by atoms with Crippen molar-refractivity contribution in [1.82, 2.24) is 4.90 Å². The van der Waals surface area contributed by atoms with E-state index in [0.29, 0.717) is 23.6 Å². The number of nitriles is 1. The SMILES string of the molecule is COc1cc(C)ccc1OCC(=O)N(C)Cc1cccc(C#N)c1. The smallest absolute Gasteiger partial charge is 0.260 e. The molecule has 124 valence electrons. The van der Waals surface area contributed by atoms with E-state index in [1.165, 1.54) is 0 Å². The van der Waals surface area contributed by atoms with E-state index in [-0.39, 0.29) is 12.5 Å². The van der Waals surface area contributed by atoms with Crippen LogP contribution in [0.4, 0.5) is 0 Å². The molecule has 0 saturated heterocycles. The average molecular weight is 324 g/mol. The molecule has 24 heavy (non-hydrogen) atoms. The monoisotopic (exact) mass is 324 g/mol. The molecule has 0 aliphatic heterocycles. The van der Waals surface area contributed by atoms with E-state index < -0.39 is 0 Å². The number of aryl methyl sites for hydroxylation is 1. The Bertz CT molecular complexity index is 765. The van der Waals surface area contributed by atoms with Crippen LogP contribution in [0, 0.1) is 18.3 Å². The molecule has 0 saturated carbocycles. The molecule has 0 bridgehead atoms. The van der Waals surface area contributed by atoms with Gasteiger partial charge in [0.15, 0.2) is 18.1 Å². The zero-order chi connectivity index (χ0) is 17.5. The fourth-order valence-electron chi connectivity index (χ4n) is 2.24. The molecule has 2 aromatic carbocycles. The van der Waals surface area contributed by atoms with Crippen LogP contribution in [-0.4, -0.2) is 31.6 Å². The number of amides is 1. The first-order valence-corrected chi connectivity index (χ1v) is 7.54. The number of ether oxygens (including phenoxy) is 2. The van der Waals surface area contributed by atoms with Gasteiger partial charge in [-0.1, -0.05) is 18.2 Å². The lowest BCUT2D eigenvalue weighted by molar-refractivity contribution is -0.132. The van der Waals surface area contributed by atoms with Crippen molar-refractivity contribution in [2.45, 2.75) is 13.5 Å². The number of methoxy groups -OCH3 is 1. The number of benzene rings is 2. The highest BCUT2D eigenvalue weighted by atomic mass is 16.5. The molecule has 0 aliphatic carbocycles. The molecular weight excluding hydrogens is 304 g/mol. The van der Waals surface area contributed by atoms with Gasteiger partial charge in [-0.2, -0.15) is 5.26 Å². The van der Waals surface area contributed by atoms with Gasteiger partial charge in [-0.25, -0.2) is 0 Å². The maximum Gasteiger partial charge on any atom is 0.260 e. The Hall–Kier alpha value is -3.00. The normalized spacial score (nSPS) is 9.92. The van der Waals surface area contributed by atoms with Crippen LogP contribution in [-0.2, 0) is 11.3 Å². The summed E-state index contributed by atoms with van der Waals surface area (Å²) < 4.78 is 10.8. The molecule has 2 rings (SSSR count). The fraction of sp³-hybridized carbons (Fsp3) is 0.263. The number of nitrogens with zero attached hydrogens (tertiary/aromatic N) is 2. The van der Waals surface area contributed by atoms with E-state index in [1.807, 2.05) is 25.1 Å². The minimum atomic E-state index is -0.153. The van der Waals surface area contributed by atoms with Gasteiger partial charge in [0.05, 0.1) is 18.7 Å². The third-order valence-corrected chi connectivity index (χ3v) is 3.57. The molecule has 5 heteroatoms. The Labute approximate surface area is 142 Å². The van der Waals surface area contributed by atoms with Gasteiger partial charge in [-0.3, -0.25) is 4.79 Å². The van der Waals surface area contributed by atoms with Crippen LogP contribution in [0.3, 0.4) is 0 Å². The lowest BCUT2D eigenvalue weighted by Crippen LogP contribution is -2.31. The zero-order valence-electron chi connectivity index (χ0n) is 14.1. The fourth-order valence-corrected chi connectivity index (χ4v) is 2.24. The molecule has 5 nitrogen and oxygen atoms in total. The Morgan fingerprint density at radius 3 is 2.71 bits per heavy atom. The molecule has 0 spiro atoms. The van der Waals surface area contributed by atoms with Crippen LogP contribution in [0.5, 0.6) is 11.5 Å². The number of likely N-dealkylation sites (N-methyl/N-ethyl adjacent to an activating group) is 1. The summed E-state index contributed by atoms with van der Waals surface area (Å²) in [5.74, 6) is 0.989. The van der Waals surface area contributed by atoms with E-state index in [0.717, 1.165) is 11.1 Å². The summed E-state index contributed by atoms with van der Waals surface area (Å²) in [6.07, 6.45) is 0. The van der Waals surface area contributed by atoms with Crippen molar-refractivity contribution in [2.24, 2.45) is 0 Å². The highest BCUT2D eigenvalue weighted by molar-refractivity contribution is 5.77. The van der Waals surface area contributed by atoms with E-state index in [2.05, 4.69) is 6.07 Å². The predicted molar refractivity (Wildman–Crippen MR) is 90.9 cm³/mol. The lowest BCUT2D eigenvalue weighted by atomic mass is 10.1. The third kappa shape index (κ3) is 4.50. The van der Waals surface area contributed by atoms with Crippen molar-refractivity contribution in [1.29, 1.82) is 5.26 Å². The number of hydrogen-bond acceptors (Lipinski definition) is 4. The Balaban J connectivity index is 1.96. The van der Waals surface area contributed by atoms with Gasteiger partial charge in [-0.05, 0) is 42.3 Å². The second-order valence-electron chi connectivity index (χ2n) is 5.50. The summed E-state index contributed by atoms with van der Waals surface area (Å²) in [6.45, 7) is 2.30. The quantitative estimate of drug-likeness (QED) is 0.819. The summed E-state index contributed by atoms with van der Waals surface area (Å²) in [6, 6.07) is 14.8. The largest absolute Gasteiger partial charge is 0.493 e. The van der Waals surface area contributed by atoms with Gasteiger partial charge in [-0.15, -0.1) is 0 Å². The van der Waals surface area contributed by atoms with Gasteiger partial charge in [0.1, 0.15) is 0 Å². The van der Waals surface area contributed by atoms with Gasteiger partial charge >= 0.3 is 0 Å². The molecule has 1 amide bonds. The molecule has 2 aromatic rings. The number of rotatable bonds is 6. The Morgan fingerprint density at radius 2 is 2.00 bits per heavy atom. The Morgan fingerprint density at radius 1 is 1.21 bits per heavy atom. The van der Waals surface area contributed by atoms with Crippen LogP contribution < -0.4 is 9.47 Å². The van der Waals surface area contributed by atoms with Crippen molar-refractivity contribution >= 4 is 5.91 Å². The van der Waals surface area contributed by atoms with Crippen molar-refractivity contribution in [3.8, 4) is 17.6 Å². The first-order valence-electron chi connectivity index (χ1n) is 7.54. The summed E-state index contributed by atoms with van der Waals surface area (Å²) in [7, 11) is 3.27. The maximum atomic E-state index is 12.2. The summed E-state index contributed by atoms with van der Waals surface area (Å²) >= 11 is 0. The first-order chi connectivity index (χ1) is 11.5. The van der Waals surface area contributed by atoms with Crippen molar-refractivity contribution < 1.29 is 14.3 Å². The lowest BCUT2D eigenvalue weighted by Gasteiger charge is -2.18.